The van der Waals surface area contributed by atoms with E-state index in [9.17, 15) is 5.11 Å². The summed E-state index contributed by atoms with van der Waals surface area (Å²) in [6.07, 6.45) is 3.81. The van der Waals surface area contributed by atoms with Crippen LogP contribution in [0, 0.1) is 6.92 Å². The van der Waals surface area contributed by atoms with Gasteiger partial charge in [0, 0.05) is 6.20 Å². The third kappa shape index (κ3) is 1.60. The van der Waals surface area contributed by atoms with E-state index < -0.39 is 0 Å². The molecule has 0 radical (unpaired) electrons. The number of hydrogen-bond acceptors (Lipinski definition) is 3. The van der Waals surface area contributed by atoms with Crippen molar-refractivity contribution < 1.29 is 5.11 Å². The lowest BCUT2D eigenvalue weighted by molar-refractivity contribution is 0.211. The lowest BCUT2D eigenvalue weighted by Gasteiger charge is -2.34. The van der Waals surface area contributed by atoms with Crippen LogP contribution in [0.4, 0.5) is 5.82 Å². The molecule has 1 aromatic rings. The zero-order valence-electron chi connectivity index (χ0n) is 8.67. The summed E-state index contributed by atoms with van der Waals surface area (Å²) in [6.45, 7) is 4.23. The van der Waals surface area contributed by atoms with E-state index in [-0.39, 0.29) is 12.1 Å². The molecule has 0 amide bonds. The highest BCUT2D eigenvalue weighted by Gasteiger charge is 2.28. The van der Waals surface area contributed by atoms with E-state index in [4.69, 9.17) is 0 Å². The minimum Gasteiger partial charge on any atom is -0.394 e. The van der Waals surface area contributed by atoms with Crippen molar-refractivity contribution in [1.82, 2.24) is 4.98 Å². The van der Waals surface area contributed by atoms with Gasteiger partial charge in [0.1, 0.15) is 5.82 Å². The maximum absolute atomic E-state index is 9.24. The van der Waals surface area contributed by atoms with Gasteiger partial charge in [0.15, 0.2) is 0 Å². The molecule has 3 heteroatoms. The summed E-state index contributed by atoms with van der Waals surface area (Å²) in [4.78, 5) is 4.34. The first-order valence-electron chi connectivity index (χ1n) is 4.97. The normalized spacial score (nSPS) is 25.4. The first kappa shape index (κ1) is 9.46. The van der Waals surface area contributed by atoms with E-state index in [0.29, 0.717) is 0 Å². The molecule has 0 unspecified atom stereocenters. The maximum atomic E-state index is 9.24. The molecule has 0 aromatic carbocycles. The van der Waals surface area contributed by atoms with Gasteiger partial charge >= 0.3 is 0 Å². The third-order valence-corrected chi connectivity index (χ3v) is 2.82. The Morgan fingerprint density at radius 3 is 3.14 bits per heavy atom. The zero-order valence-corrected chi connectivity index (χ0v) is 8.67. The molecule has 2 heterocycles. The van der Waals surface area contributed by atoms with Crippen molar-refractivity contribution >= 4 is 5.82 Å². The van der Waals surface area contributed by atoms with Crippen LogP contribution in [0.25, 0.3) is 0 Å². The monoisotopic (exact) mass is 192 g/mol. The van der Waals surface area contributed by atoms with E-state index in [2.05, 4.69) is 16.4 Å². The molecule has 0 aliphatic carbocycles. The van der Waals surface area contributed by atoms with Crippen molar-refractivity contribution in [3.63, 3.8) is 0 Å². The summed E-state index contributed by atoms with van der Waals surface area (Å²) in [5, 5.41) is 12.5. The number of aromatic nitrogens is 1. The Morgan fingerprint density at radius 2 is 2.43 bits per heavy atom. The first-order valence-corrected chi connectivity index (χ1v) is 4.97. The van der Waals surface area contributed by atoms with Gasteiger partial charge in [0.2, 0.25) is 0 Å². The van der Waals surface area contributed by atoms with Crippen molar-refractivity contribution in [2.45, 2.75) is 32.2 Å². The number of fused-ring (bicyclic) bond motifs is 1. The van der Waals surface area contributed by atoms with Crippen molar-refractivity contribution in [2.75, 3.05) is 11.9 Å². The number of aliphatic hydroxyl groups is 1. The Balaban J connectivity index is 2.31. The molecule has 1 aliphatic heterocycles. The molecule has 1 aliphatic rings. The topological polar surface area (TPSA) is 45.2 Å². The summed E-state index contributed by atoms with van der Waals surface area (Å²) >= 11 is 0. The van der Waals surface area contributed by atoms with E-state index in [1.807, 2.05) is 20.0 Å². The van der Waals surface area contributed by atoms with Crippen molar-refractivity contribution in [3.05, 3.63) is 23.4 Å². The fourth-order valence-corrected chi connectivity index (χ4v) is 1.81. The largest absolute Gasteiger partial charge is 0.394 e. The zero-order chi connectivity index (χ0) is 10.2. The van der Waals surface area contributed by atoms with Gasteiger partial charge in [-0.2, -0.15) is 0 Å². The van der Waals surface area contributed by atoms with Gasteiger partial charge < -0.3 is 10.4 Å². The minimum absolute atomic E-state index is 0.155. The Morgan fingerprint density at radius 1 is 1.64 bits per heavy atom. The van der Waals surface area contributed by atoms with Crippen LogP contribution >= 0.6 is 0 Å². The third-order valence-electron chi connectivity index (χ3n) is 2.82. The molecular weight excluding hydrogens is 176 g/mol. The number of aliphatic hydroxyl groups excluding tert-OH is 1. The van der Waals surface area contributed by atoms with Gasteiger partial charge in [-0.1, -0.05) is 6.07 Å². The number of rotatable bonds is 1. The molecule has 76 valence electrons. The van der Waals surface area contributed by atoms with Gasteiger partial charge in [0.05, 0.1) is 12.1 Å². The summed E-state index contributed by atoms with van der Waals surface area (Å²) in [5.41, 5.74) is 2.25. The number of aryl methyl sites for hydroxylation is 2. The standard InChI is InChI=1S/C11H16N2O/c1-8-5-9-3-4-11(2,7-14)13-10(9)12-6-8/h5-6,14H,3-4,7H2,1-2H3,(H,12,13)/t11-/m1/s1. The molecule has 0 saturated carbocycles. The van der Waals surface area contributed by atoms with Crippen LogP contribution in [0.2, 0.25) is 0 Å². The van der Waals surface area contributed by atoms with Gasteiger partial charge in [-0.15, -0.1) is 0 Å². The van der Waals surface area contributed by atoms with Gasteiger partial charge in [-0.25, -0.2) is 4.98 Å². The molecule has 0 bridgehead atoms. The average molecular weight is 192 g/mol. The Hall–Kier alpha value is -1.09. The smallest absolute Gasteiger partial charge is 0.129 e. The van der Waals surface area contributed by atoms with Crippen molar-refractivity contribution in [3.8, 4) is 0 Å². The molecule has 1 aromatic heterocycles. The van der Waals surface area contributed by atoms with Crippen LogP contribution < -0.4 is 5.32 Å². The lowest BCUT2D eigenvalue weighted by Crippen LogP contribution is -2.42. The number of anilines is 1. The van der Waals surface area contributed by atoms with Crippen molar-refractivity contribution in [1.29, 1.82) is 0 Å². The fraction of sp³-hybridized carbons (Fsp3) is 0.545. The van der Waals surface area contributed by atoms with E-state index in [1.165, 1.54) is 11.1 Å². The summed E-state index contributed by atoms with van der Waals surface area (Å²) < 4.78 is 0. The molecule has 0 fully saturated rings. The first-order chi connectivity index (χ1) is 6.63. The Kier molecular flexibility index (Phi) is 2.19. The van der Waals surface area contributed by atoms with Crippen molar-refractivity contribution in [2.24, 2.45) is 0 Å². The second-order valence-corrected chi connectivity index (χ2v) is 4.36. The van der Waals surface area contributed by atoms with Crippen LogP contribution in [0.15, 0.2) is 12.3 Å². The van der Waals surface area contributed by atoms with Gasteiger partial charge in [-0.05, 0) is 37.8 Å². The van der Waals surface area contributed by atoms with E-state index in [0.717, 1.165) is 18.7 Å². The molecule has 0 spiro atoms. The van der Waals surface area contributed by atoms with E-state index >= 15 is 0 Å². The fourth-order valence-electron chi connectivity index (χ4n) is 1.81. The molecule has 14 heavy (non-hydrogen) atoms. The summed E-state index contributed by atoms with van der Waals surface area (Å²) in [6, 6.07) is 2.16. The highest BCUT2D eigenvalue weighted by atomic mass is 16.3. The van der Waals surface area contributed by atoms with Gasteiger partial charge in [-0.3, -0.25) is 0 Å². The second-order valence-electron chi connectivity index (χ2n) is 4.36. The predicted molar refractivity (Wildman–Crippen MR) is 56.4 cm³/mol. The minimum atomic E-state index is -0.199. The van der Waals surface area contributed by atoms with Crippen LogP contribution in [-0.2, 0) is 6.42 Å². The van der Waals surface area contributed by atoms with Gasteiger partial charge in [0.25, 0.3) is 0 Å². The van der Waals surface area contributed by atoms with Crippen LogP contribution in [0.5, 0.6) is 0 Å². The van der Waals surface area contributed by atoms with Crippen LogP contribution in [0.3, 0.4) is 0 Å². The number of nitrogens with zero attached hydrogens (tertiary/aromatic N) is 1. The molecule has 2 rings (SSSR count). The van der Waals surface area contributed by atoms with Crippen LogP contribution in [-0.4, -0.2) is 22.2 Å². The summed E-state index contributed by atoms with van der Waals surface area (Å²) in [5.74, 6) is 0.929. The number of nitrogens with one attached hydrogen (secondary N) is 1. The molecular formula is C11H16N2O. The molecule has 0 saturated heterocycles. The van der Waals surface area contributed by atoms with E-state index in [1.54, 1.807) is 0 Å². The average Bonchev–Trinajstić information content (AvgIpc) is 2.19. The molecule has 3 nitrogen and oxygen atoms in total. The number of pyridine rings is 1. The Bertz CT molecular complexity index is 351. The van der Waals surface area contributed by atoms with Crippen LogP contribution in [0.1, 0.15) is 24.5 Å². The molecule has 2 N–H and O–H groups in total. The SMILES string of the molecule is Cc1cnc2c(c1)CC[C@](C)(CO)N2. The number of hydrogen-bond donors (Lipinski definition) is 2. The lowest BCUT2D eigenvalue weighted by atomic mass is 9.90. The predicted octanol–water partition coefficient (Wildman–Crippen LogP) is 1.50. The second kappa shape index (κ2) is 3.24. The highest BCUT2D eigenvalue weighted by Crippen LogP contribution is 2.28. The highest BCUT2D eigenvalue weighted by molar-refractivity contribution is 5.50. The Labute approximate surface area is 84.2 Å². The summed E-state index contributed by atoms with van der Waals surface area (Å²) in [7, 11) is 0. The quantitative estimate of drug-likeness (QED) is 0.708. The molecule has 1 atom stereocenters. The maximum Gasteiger partial charge on any atom is 0.129 e.